The van der Waals surface area contributed by atoms with Gasteiger partial charge in [-0.15, -0.1) is 0 Å². The van der Waals surface area contributed by atoms with Gasteiger partial charge >= 0.3 is 0 Å². The average molecular weight is 213 g/mol. The first-order valence-electron chi connectivity index (χ1n) is 4.99. The summed E-state index contributed by atoms with van der Waals surface area (Å²) in [5.74, 6) is -1.13. The zero-order valence-electron chi connectivity index (χ0n) is 8.47. The Bertz CT molecular complexity index is 336. The molecule has 1 aromatic rings. The van der Waals surface area contributed by atoms with Crippen molar-refractivity contribution in [1.82, 2.24) is 0 Å². The number of rotatable bonds is 2. The van der Waals surface area contributed by atoms with E-state index in [0.29, 0.717) is 12.3 Å². The van der Waals surface area contributed by atoms with Gasteiger partial charge in [0.25, 0.3) is 0 Å². The second kappa shape index (κ2) is 4.14. The van der Waals surface area contributed by atoms with E-state index in [1.54, 1.807) is 0 Å². The molecule has 0 aliphatic carbocycles. The van der Waals surface area contributed by atoms with Gasteiger partial charge in [0.1, 0.15) is 11.6 Å². The van der Waals surface area contributed by atoms with Gasteiger partial charge in [0.2, 0.25) is 0 Å². The fraction of sp³-hybridized carbons (Fsp3) is 0.455. The Kier molecular flexibility index (Phi) is 2.86. The van der Waals surface area contributed by atoms with Crippen molar-refractivity contribution >= 4 is 5.69 Å². The molecule has 82 valence electrons. The summed E-state index contributed by atoms with van der Waals surface area (Å²) in [7, 11) is 0. The van der Waals surface area contributed by atoms with Crippen LogP contribution in [-0.2, 0) is 4.74 Å². The number of anilines is 1. The van der Waals surface area contributed by atoms with E-state index in [0.717, 1.165) is 12.5 Å². The molecule has 0 amide bonds. The second-order valence-corrected chi connectivity index (χ2v) is 3.77. The van der Waals surface area contributed by atoms with Crippen LogP contribution in [0.1, 0.15) is 13.3 Å². The largest absolute Gasteiger partial charge is 0.379 e. The monoisotopic (exact) mass is 213 g/mol. The van der Waals surface area contributed by atoms with Crippen LogP contribution in [0.2, 0.25) is 0 Å². The summed E-state index contributed by atoms with van der Waals surface area (Å²) in [6.45, 7) is 2.64. The van der Waals surface area contributed by atoms with E-state index in [9.17, 15) is 8.78 Å². The molecule has 4 heteroatoms. The lowest BCUT2D eigenvalue weighted by Gasteiger charge is -2.17. The highest BCUT2D eigenvalue weighted by Crippen LogP contribution is 2.20. The number of halogens is 2. The fourth-order valence-electron chi connectivity index (χ4n) is 1.77. The van der Waals surface area contributed by atoms with E-state index in [1.807, 2.05) is 6.92 Å². The summed E-state index contributed by atoms with van der Waals surface area (Å²) >= 11 is 0. The van der Waals surface area contributed by atoms with Crippen LogP contribution in [0.15, 0.2) is 18.2 Å². The average Bonchev–Trinajstić information content (AvgIpc) is 2.50. The Morgan fingerprint density at radius 1 is 1.27 bits per heavy atom. The summed E-state index contributed by atoms with van der Waals surface area (Å²) in [6, 6.07) is 3.56. The number of nitrogens with one attached hydrogen (secondary N) is 1. The number of benzene rings is 1. The SMILES string of the molecule is C[C@@H]1OCC[C@@H]1Nc1cc(F)cc(F)c1. The van der Waals surface area contributed by atoms with Crippen LogP contribution in [0.3, 0.4) is 0 Å². The van der Waals surface area contributed by atoms with E-state index in [1.165, 1.54) is 12.1 Å². The van der Waals surface area contributed by atoms with E-state index in [-0.39, 0.29) is 12.1 Å². The molecule has 0 aromatic heterocycles. The zero-order valence-corrected chi connectivity index (χ0v) is 8.47. The molecule has 1 N–H and O–H groups in total. The fourth-order valence-corrected chi connectivity index (χ4v) is 1.77. The van der Waals surface area contributed by atoms with Crippen molar-refractivity contribution < 1.29 is 13.5 Å². The highest BCUT2D eigenvalue weighted by molar-refractivity contribution is 5.45. The molecule has 1 heterocycles. The molecule has 0 radical (unpaired) electrons. The van der Waals surface area contributed by atoms with E-state index in [4.69, 9.17) is 4.74 Å². The topological polar surface area (TPSA) is 21.3 Å². The standard InChI is InChI=1S/C11H13F2NO/c1-7-11(2-3-15-7)14-10-5-8(12)4-9(13)6-10/h4-7,11,14H,2-3H2,1H3/t7-,11-/m0/s1. The van der Waals surface area contributed by atoms with Gasteiger partial charge in [0.05, 0.1) is 12.1 Å². The van der Waals surface area contributed by atoms with Crippen LogP contribution in [0.25, 0.3) is 0 Å². The molecule has 1 aromatic carbocycles. The summed E-state index contributed by atoms with van der Waals surface area (Å²) in [4.78, 5) is 0. The first kappa shape index (κ1) is 10.4. The lowest BCUT2D eigenvalue weighted by molar-refractivity contribution is 0.121. The Balaban J connectivity index is 2.10. The smallest absolute Gasteiger partial charge is 0.128 e. The van der Waals surface area contributed by atoms with Gasteiger partial charge in [-0.1, -0.05) is 0 Å². The molecule has 1 saturated heterocycles. The van der Waals surface area contributed by atoms with Crippen LogP contribution in [0.4, 0.5) is 14.5 Å². The quantitative estimate of drug-likeness (QED) is 0.815. The molecule has 0 spiro atoms. The van der Waals surface area contributed by atoms with Crippen molar-refractivity contribution in [3.63, 3.8) is 0 Å². The molecule has 1 aliphatic heterocycles. The number of hydrogen-bond donors (Lipinski definition) is 1. The Morgan fingerprint density at radius 3 is 2.47 bits per heavy atom. The third kappa shape index (κ3) is 2.45. The van der Waals surface area contributed by atoms with Crippen LogP contribution < -0.4 is 5.32 Å². The number of hydrogen-bond acceptors (Lipinski definition) is 2. The van der Waals surface area contributed by atoms with Gasteiger partial charge < -0.3 is 10.1 Å². The maximum atomic E-state index is 12.9. The molecular formula is C11H13F2NO. The number of ether oxygens (including phenoxy) is 1. The van der Waals surface area contributed by atoms with Gasteiger partial charge in [0.15, 0.2) is 0 Å². The molecule has 0 saturated carbocycles. The lowest BCUT2D eigenvalue weighted by atomic mass is 10.1. The summed E-state index contributed by atoms with van der Waals surface area (Å²) in [5.41, 5.74) is 0.467. The maximum Gasteiger partial charge on any atom is 0.128 e. The first-order valence-corrected chi connectivity index (χ1v) is 4.99. The van der Waals surface area contributed by atoms with Gasteiger partial charge in [-0.25, -0.2) is 8.78 Å². The highest BCUT2D eigenvalue weighted by Gasteiger charge is 2.23. The van der Waals surface area contributed by atoms with E-state index >= 15 is 0 Å². The van der Waals surface area contributed by atoms with E-state index < -0.39 is 11.6 Å². The first-order chi connectivity index (χ1) is 7.15. The Morgan fingerprint density at radius 2 is 1.93 bits per heavy atom. The van der Waals surface area contributed by atoms with Crippen LogP contribution in [0, 0.1) is 11.6 Å². The van der Waals surface area contributed by atoms with Crippen molar-refractivity contribution in [3.05, 3.63) is 29.8 Å². The van der Waals surface area contributed by atoms with Gasteiger partial charge in [0, 0.05) is 18.4 Å². The minimum absolute atomic E-state index is 0.0799. The lowest BCUT2D eigenvalue weighted by Crippen LogP contribution is -2.26. The molecule has 0 bridgehead atoms. The highest BCUT2D eigenvalue weighted by atomic mass is 19.1. The van der Waals surface area contributed by atoms with Gasteiger partial charge in [-0.05, 0) is 25.5 Å². The molecule has 15 heavy (non-hydrogen) atoms. The van der Waals surface area contributed by atoms with Gasteiger partial charge in [-0.2, -0.15) is 0 Å². The normalized spacial score (nSPS) is 25.5. The molecule has 2 atom stereocenters. The Hall–Kier alpha value is -1.16. The van der Waals surface area contributed by atoms with Crippen LogP contribution in [0.5, 0.6) is 0 Å². The Labute approximate surface area is 87.2 Å². The van der Waals surface area contributed by atoms with Crippen molar-refractivity contribution in [3.8, 4) is 0 Å². The van der Waals surface area contributed by atoms with Crippen molar-refractivity contribution in [2.75, 3.05) is 11.9 Å². The third-order valence-electron chi connectivity index (χ3n) is 2.59. The van der Waals surface area contributed by atoms with Crippen LogP contribution >= 0.6 is 0 Å². The second-order valence-electron chi connectivity index (χ2n) is 3.77. The third-order valence-corrected chi connectivity index (χ3v) is 2.59. The summed E-state index contributed by atoms with van der Waals surface area (Å²) in [6.07, 6.45) is 0.940. The summed E-state index contributed by atoms with van der Waals surface area (Å²) in [5, 5.41) is 3.07. The molecule has 0 unspecified atom stereocenters. The molecular weight excluding hydrogens is 200 g/mol. The van der Waals surface area contributed by atoms with Gasteiger partial charge in [-0.3, -0.25) is 0 Å². The van der Waals surface area contributed by atoms with Crippen molar-refractivity contribution in [1.29, 1.82) is 0 Å². The predicted molar refractivity (Wildman–Crippen MR) is 53.8 cm³/mol. The van der Waals surface area contributed by atoms with E-state index in [2.05, 4.69) is 5.32 Å². The molecule has 1 fully saturated rings. The summed E-state index contributed by atoms with van der Waals surface area (Å²) < 4.78 is 31.1. The van der Waals surface area contributed by atoms with Crippen molar-refractivity contribution in [2.24, 2.45) is 0 Å². The maximum absolute atomic E-state index is 12.9. The minimum Gasteiger partial charge on any atom is -0.379 e. The molecule has 2 rings (SSSR count). The predicted octanol–water partition coefficient (Wildman–Crippen LogP) is 2.55. The zero-order chi connectivity index (χ0) is 10.8. The van der Waals surface area contributed by atoms with Crippen LogP contribution in [-0.4, -0.2) is 18.8 Å². The molecule has 2 nitrogen and oxygen atoms in total. The molecule has 1 aliphatic rings. The minimum atomic E-state index is -0.566. The van der Waals surface area contributed by atoms with Crippen molar-refractivity contribution in [2.45, 2.75) is 25.5 Å².